The highest BCUT2D eigenvalue weighted by atomic mass is 19.3. The van der Waals surface area contributed by atoms with E-state index in [0.29, 0.717) is 54.9 Å². The lowest BCUT2D eigenvalue weighted by atomic mass is 9.91. The number of nitrogens with zero attached hydrogens (tertiary/aromatic N) is 5. The Morgan fingerprint density at radius 1 is 1.05 bits per heavy atom. The minimum Gasteiger partial charge on any atom is -0.444 e. The maximum Gasteiger partial charge on any atom is 0.407 e. The first-order valence-electron chi connectivity index (χ1n) is 13.4. The number of hydrogen-bond donors (Lipinski definition) is 2. The van der Waals surface area contributed by atoms with E-state index in [1.807, 2.05) is 25.7 Å². The molecule has 1 saturated carbocycles. The highest BCUT2D eigenvalue weighted by Gasteiger charge is 2.27. The minimum absolute atomic E-state index is 0.0358. The number of halogens is 2. The van der Waals surface area contributed by atoms with Gasteiger partial charge >= 0.3 is 6.09 Å². The van der Waals surface area contributed by atoms with E-state index >= 15 is 0 Å². The van der Waals surface area contributed by atoms with Crippen molar-refractivity contribution in [3.8, 4) is 5.82 Å². The van der Waals surface area contributed by atoms with Crippen LogP contribution in [0.4, 0.5) is 25.3 Å². The molecule has 3 heterocycles. The number of hydrogen-bond acceptors (Lipinski definition) is 8. The Kier molecular flexibility index (Phi) is 7.83. The smallest absolute Gasteiger partial charge is 0.407 e. The van der Waals surface area contributed by atoms with Crippen molar-refractivity contribution in [3.05, 3.63) is 36.2 Å². The van der Waals surface area contributed by atoms with E-state index in [1.165, 1.54) is 4.57 Å². The molecule has 1 aliphatic heterocycles. The Labute approximate surface area is 226 Å². The first kappa shape index (κ1) is 27.0. The van der Waals surface area contributed by atoms with E-state index in [-0.39, 0.29) is 17.9 Å². The van der Waals surface area contributed by atoms with Gasteiger partial charge in [-0.2, -0.15) is 9.97 Å². The average molecular weight is 544 g/mol. The number of morpholine rings is 1. The second kappa shape index (κ2) is 11.3. The zero-order chi connectivity index (χ0) is 27.6. The van der Waals surface area contributed by atoms with Crippen LogP contribution in [0.5, 0.6) is 0 Å². The summed E-state index contributed by atoms with van der Waals surface area (Å²) >= 11 is 0. The van der Waals surface area contributed by atoms with Gasteiger partial charge in [-0.1, -0.05) is 12.1 Å². The number of anilines is 2. The van der Waals surface area contributed by atoms with Crippen molar-refractivity contribution in [3.63, 3.8) is 0 Å². The van der Waals surface area contributed by atoms with Gasteiger partial charge in [0.15, 0.2) is 5.82 Å². The summed E-state index contributed by atoms with van der Waals surface area (Å²) in [6, 6.07) is 8.89. The molecule has 3 aromatic rings. The maximum absolute atomic E-state index is 14.1. The van der Waals surface area contributed by atoms with Crippen LogP contribution in [0.1, 0.15) is 58.7 Å². The third-order valence-corrected chi connectivity index (χ3v) is 6.81. The lowest BCUT2D eigenvalue weighted by molar-refractivity contribution is 0.0492. The van der Waals surface area contributed by atoms with E-state index < -0.39 is 18.1 Å². The van der Waals surface area contributed by atoms with Crippen molar-refractivity contribution >= 4 is 28.9 Å². The molecule has 0 unspecified atom stereocenters. The van der Waals surface area contributed by atoms with Gasteiger partial charge in [0.05, 0.1) is 24.2 Å². The first-order valence-corrected chi connectivity index (χ1v) is 13.4. The van der Waals surface area contributed by atoms with Gasteiger partial charge in [-0.15, -0.1) is 0 Å². The topological polar surface area (TPSA) is 106 Å². The molecule has 39 heavy (non-hydrogen) atoms. The summed E-state index contributed by atoms with van der Waals surface area (Å²) in [5.74, 6) is 0.986. The molecule has 210 valence electrons. The van der Waals surface area contributed by atoms with Crippen molar-refractivity contribution in [1.29, 1.82) is 0 Å². The van der Waals surface area contributed by atoms with Gasteiger partial charge in [0.25, 0.3) is 6.43 Å². The van der Waals surface area contributed by atoms with Gasteiger partial charge in [0.2, 0.25) is 5.95 Å². The standard InChI is InChI=1S/C27H35F2N7O3/c1-27(2,3)39-26(37)31-18-10-8-17(9-11-18)30-21-16-22(34-25(33-21)35-12-14-38-15-13-35)36-20-7-5-4-6-19(20)32-24(36)23(28)29/h4-7,16-18,23H,8-15H2,1-3H3,(H,31,37)(H,30,33,34)/t17-,18-. The van der Waals surface area contributed by atoms with Crippen LogP contribution in [0, 0.1) is 0 Å². The molecule has 1 aliphatic carbocycles. The number of carbonyl (C=O) groups excluding carboxylic acids is 1. The second-order valence-corrected chi connectivity index (χ2v) is 10.9. The highest BCUT2D eigenvalue weighted by molar-refractivity contribution is 5.78. The second-order valence-electron chi connectivity index (χ2n) is 10.9. The highest BCUT2D eigenvalue weighted by Crippen LogP contribution is 2.30. The number of fused-ring (bicyclic) bond motifs is 1. The number of ether oxygens (including phenoxy) is 2. The van der Waals surface area contributed by atoms with Gasteiger partial charge < -0.3 is 25.0 Å². The molecule has 1 saturated heterocycles. The lowest BCUT2D eigenvalue weighted by Crippen LogP contribution is -2.42. The maximum atomic E-state index is 14.1. The molecule has 0 radical (unpaired) electrons. The van der Waals surface area contributed by atoms with Crippen LogP contribution in [0.2, 0.25) is 0 Å². The molecule has 0 atom stereocenters. The minimum atomic E-state index is -2.77. The third kappa shape index (κ3) is 6.55. The number of rotatable bonds is 6. The normalized spacial score (nSPS) is 20.3. The Morgan fingerprint density at radius 3 is 2.44 bits per heavy atom. The van der Waals surface area contributed by atoms with Crippen LogP contribution in [-0.4, -0.2) is 69.6 Å². The van der Waals surface area contributed by atoms with Gasteiger partial charge in [0.1, 0.15) is 17.2 Å². The van der Waals surface area contributed by atoms with Gasteiger partial charge in [-0.3, -0.25) is 4.57 Å². The van der Waals surface area contributed by atoms with E-state index in [2.05, 4.69) is 15.6 Å². The van der Waals surface area contributed by atoms with Crippen molar-refractivity contribution in [2.45, 2.75) is 70.6 Å². The van der Waals surface area contributed by atoms with Gasteiger partial charge in [0, 0.05) is 31.2 Å². The monoisotopic (exact) mass is 543 g/mol. The van der Waals surface area contributed by atoms with Crippen molar-refractivity contribution in [2.75, 3.05) is 36.5 Å². The molecule has 1 aromatic carbocycles. The van der Waals surface area contributed by atoms with Crippen molar-refractivity contribution in [2.24, 2.45) is 0 Å². The number of alkyl halides is 2. The predicted molar refractivity (Wildman–Crippen MR) is 144 cm³/mol. The van der Waals surface area contributed by atoms with Crippen molar-refractivity contribution < 1.29 is 23.0 Å². The predicted octanol–water partition coefficient (Wildman–Crippen LogP) is 4.84. The van der Waals surface area contributed by atoms with E-state index in [4.69, 9.17) is 19.4 Å². The quantitative estimate of drug-likeness (QED) is 0.455. The molecule has 0 spiro atoms. The summed E-state index contributed by atoms with van der Waals surface area (Å²) in [6.07, 6.45) is 0.00587. The average Bonchev–Trinajstić information content (AvgIpc) is 3.29. The number of aromatic nitrogens is 4. The number of amides is 1. The fourth-order valence-corrected chi connectivity index (χ4v) is 5.01. The van der Waals surface area contributed by atoms with Crippen LogP contribution in [0.25, 0.3) is 16.9 Å². The Bertz CT molecular complexity index is 1300. The Hall–Kier alpha value is -3.54. The zero-order valence-electron chi connectivity index (χ0n) is 22.5. The fourth-order valence-electron chi connectivity index (χ4n) is 5.01. The van der Waals surface area contributed by atoms with Crippen LogP contribution in [0.15, 0.2) is 30.3 Å². The van der Waals surface area contributed by atoms with Crippen LogP contribution in [-0.2, 0) is 9.47 Å². The molecule has 10 nitrogen and oxygen atoms in total. The van der Waals surface area contributed by atoms with Crippen molar-refractivity contribution in [1.82, 2.24) is 24.8 Å². The number of alkyl carbamates (subject to hydrolysis) is 1. The van der Waals surface area contributed by atoms with Crippen LogP contribution < -0.4 is 15.5 Å². The van der Waals surface area contributed by atoms with Crippen LogP contribution >= 0.6 is 0 Å². The molecular weight excluding hydrogens is 508 g/mol. The third-order valence-electron chi connectivity index (χ3n) is 6.81. The Morgan fingerprint density at radius 2 is 1.74 bits per heavy atom. The summed E-state index contributed by atoms with van der Waals surface area (Å²) in [6.45, 7) is 7.82. The number of carbonyl (C=O) groups is 1. The van der Waals surface area contributed by atoms with E-state index in [0.717, 1.165) is 25.7 Å². The number of benzene rings is 1. The summed E-state index contributed by atoms with van der Waals surface area (Å²) in [4.78, 5) is 27.8. The molecule has 2 N–H and O–H groups in total. The largest absolute Gasteiger partial charge is 0.444 e. The SMILES string of the molecule is CC(C)(C)OC(=O)N[C@H]1CC[C@H](Nc2cc(-n3c(C(F)F)nc4ccccc43)nc(N3CCOCC3)n2)CC1. The summed E-state index contributed by atoms with van der Waals surface area (Å²) in [5, 5.41) is 6.46. The number of imidazole rings is 1. The lowest BCUT2D eigenvalue weighted by Gasteiger charge is -2.31. The molecule has 2 fully saturated rings. The van der Waals surface area contributed by atoms with Gasteiger partial charge in [-0.05, 0) is 58.6 Å². The molecule has 2 aromatic heterocycles. The molecule has 2 aliphatic rings. The molecule has 1 amide bonds. The number of para-hydroxylation sites is 2. The van der Waals surface area contributed by atoms with E-state index in [1.54, 1.807) is 30.3 Å². The fraction of sp³-hybridized carbons (Fsp3) is 0.556. The molecule has 0 bridgehead atoms. The first-order chi connectivity index (χ1) is 18.7. The van der Waals surface area contributed by atoms with Crippen LogP contribution in [0.3, 0.4) is 0 Å². The zero-order valence-corrected chi connectivity index (χ0v) is 22.5. The molecule has 12 heteroatoms. The molecular formula is C27H35F2N7O3. The van der Waals surface area contributed by atoms with E-state index in [9.17, 15) is 13.6 Å². The summed E-state index contributed by atoms with van der Waals surface area (Å²) in [7, 11) is 0. The Balaban J connectivity index is 1.38. The molecule has 5 rings (SSSR count). The number of nitrogens with one attached hydrogen (secondary N) is 2. The van der Waals surface area contributed by atoms with Gasteiger partial charge in [-0.25, -0.2) is 18.6 Å². The summed E-state index contributed by atoms with van der Waals surface area (Å²) < 4.78 is 40.5. The summed E-state index contributed by atoms with van der Waals surface area (Å²) in [5.41, 5.74) is 0.486.